The molecule has 2 aromatic heterocycles. The van der Waals surface area contributed by atoms with Crippen molar-refractivity contribution >= 4 is 17.7 Å². The summed E-state index contributed by atoms with van der Waals surface area (Å²) >= 11 is 0. The molecule has 0 radical (unpaired) electrons. The Kier molecular flexibility index (Phi) is 8.18. The number of rotatable bonds is 7. The van der Waals surface area contributed by atoms with Gasteiger partial charge in [-0.1, -0.05) is 18.6 Å². The minimum Gasteiger partial charge on any atom is -0.410 e. The summed E-state index contributed by atoms with van der Waals surface area (Å²) in [5.74, 6) is -0.0312. The average molecular weight is 519 g/mol. The van der Waals surface area contributed by atoms with Crippen molar-refractivity contribution in [3.05, 3.63) is 72.4 Å². The molecule has 3 aromatic rings. The van der Waals surface area contributed by atoms with Gasteiger partial charge >= 0.3 is 6.09 Å². The molecule has 4 heterocycles. The zero-order valence-electron chi connectivity index (χ0n) is 21.7. The smallest absolute Gasteiger partial charge is 0.410 e. The number of likely N-dealkylation sites (tertiary alicyclic amines) is 2. The van der Waals surface area contributed by atoms with Crippen LogP contribution in [0.1, 0.15) is 54.9 Å². The number of carbonyl (C=O) groups is 2. The van der Waals surface area contributed by atoms with Gasteiger partial charge in [-0.25, -0.2) is 14.8 Å². The summed E-state index contributed by atoms with van der Waals surface area (Å²) in [7, 11) is 0. The van der Waals surface area contributed by atoms with Gasteiger partial charge in [-0.3, -0.25) is 9.69 Å². The molecule has 200 valence electrons. The second-order valence-electron chi connectivity index (χ2n) is 9.93. The van der Waals surface area contributed by atoms with Gasteiger partial charge in [-0.2, -0.15) is 4.73 Å². The molecule has 1 unspecified atom stereocenters. The molecular formula is C28H34N6O4. The number of nitrogens with zero attached hydrogens (tertiary/aromatic N) is 5. The van der Waals surface area contributed by atoms with Crippen molar-refractivity contribution in [2.75, 3.05) is 25.0 Å². The molecule has 0 aliphatic carbocycles. The van der Waals surface area contributed by atoms with E-state index in [1.54, 1.807) is 40.5 Å². The van der Waals surface area contributed by atoms with Crippen LogP contribution in [0.15, 0.2) is 61.3 Å². The minimum absolute atomic E-state index is 0.0174. The third kappa shape index (κ3) is 6.69. The fraction of sp³-hybridized carbons (Fsp3) is 0.429. The summed E-state index contributed by atoms with van der Waals surface area (Å²) in [6.45, 7) is 5.38. The predicted molar refractivity (Wildman–Crippen MR) is 142 cm³/mol. The number of imidazole rings is 1. The highest BCUT2D eigenvalue weighted by Gasteiger charge is 2.26. The first-order valence-corrected chi connectivity index (χ1v) is 13.3. The van der Waals surface area contributed by atoms with Crippen LogP contribution in [-0.2, 0) is 6.54 Å². The highest BCUT2D eigenvalue weighted by Crippen LogP contribution is 2.20. The summed E-state index contributed by atoms with van der Waals surface area (Å²) < 4.78 is 7.00. The van der Waals surface area contributed by atoms with E-state index in [1.807, 2.05) is 24.3 Å². The SMILES string of the molecule is CC1CCCCN1Cc1ccc(C(=O)Nc2ccc(OC(=O)N3CCC(On4ccnc4)CC3)nc2)cc1. The predicted octanol–water partition coefficient (Wildman–Crippen LogP) is 4.00. The molecule has 5 rings (SSSR count). The van der Waals surface area contributed by atoms with Gasteiger partial charge in [0.05, 0.1) is 18.1 Å². The first kappa shape index (κ1) is 25.7. The fourth-order valence-electron chi connectivity index (χ4n) is 4.89. The first-order chi connectivity index (χ1) is 18.5. The Morgan fingerprint density at radius 3 is 2.53 bits per heavy atom. The third-order valence-electron chi connectivity index (χ3n) is 7.18. The minimum atomic E-state index is -0.450. The Labute approximate surface area is 222 Å². The van der Waals surface area contributed by atoms with Crippen molar-refractivity contribution in [2.24, 2.45) is 0 Å². The van der Waals surface area contributed by atoms with E-state index in [0.717, 1.165) is 13.1 Å². The van der Waals surface area contributed by atoms with E-state index in [4.69, 9.17) is 9.57 Å². The largest absolute Gasteiger partial charge is 0.416 e. The van der Waals surface area contributed by atoms with Gasteiger partial charge < -0.3 is 19.8 Å². The summed E-state index contributed by atoms with van der Waals surface area (Å²) in [6, 6.07) is 11.6. The van der Waals surface area contributed by atoms with Crippen molar-refractivity contribution in [3.63, 3.8) is 0 Å². The zero-order chi connectivity index (χ0) is 26.3. The molecule has 2 aliphatic rings. The monoisotopic (exact) mass is 518 g/mol. The molecule has 0 spiro atoms. The highest BCUT2D eigenvalue weighted by molar-refractivity contribution is 6.04. The first-order valence-electron chi connectivity index (χ1n) is 13.3. The van der Waals surface area contributed by atoms with E-state index >= 15 is 0 Å². The van der Waals surface area contributed by atoms with Crippen molar-refractivity contribution in [1.82, 2.24) is 24.5 Å². The number of nitrogens with one attached hydrogen (secondary N) is 1. The molecule has 10 nitrogen and oxygen atoms in total. The van der Waals surface area contributed by atoms with Gasteiger partial charge in [-0.05, 0) is 50.1 Å². The molecular weight excluding hydrogens is 484 g/mol. The second-order valence-corrected chi connectivity index (χ2v) is 9.93. The van der Waals surface area contributed by atoms with Crippen molar-refractivity contribution in [1.29, 1.82) is 0 Å². The summed E-state index contributed by atoms with van der Waals surface area (Å²) in [5.41, 5.74) is 2.31. The van der Waals surface area contributed by atoms with Crippen LogP contribution in [0.4, 0.5) is 10.5 Å². The number of benzene rings is 1. The third-order valence-corrected chi connectivity index (χ3v) is 7.18. The molecule has 2 amide bonds. The van der Waals surface area contributed by atoms with E-state index < -0.39 is 6.09 Å². The molecule has 0 bridgehead atoms. The number of aromatic nitrogens is 3. The molecule has 1 N–H and O–H groups in total. The van der Waals surface area contributed by atoms with Gasteiger partial charge in [0.25, 0.3) is 5.91 Å². The Bertz CT molecular complexity index is 1190. The lowest BCUT2D eigenvalue weighted by molar-refractivity contribution is -0.000122. The van der Waals surface area contributed by atoms with E-state index in [-0.39, 0.29) is 17.9 Å². The lowest BCUT2D eigenvalue weighted by Gasteiger charge is -2.33. The van der Waals surface area contributed by atoms with Gasteiger partial charge in [-0.15, -0.1) is 0 Å². The lowest BCUT2D eigenvalue weighted by atomic mass is 10.0. The van der Waals surface area contributed by atoms with Crippen molar-refractivity contribution in [2.45, 2.75) is 57.7 Å². The summed E-state index contributed by atoms with van der Waals surface area (Å²) in [4.78, 5) is 43.3. The maximum atomic E-state index is 12.7. The van der Waals surface area contributed by atoms with Gasteiger partial charge in [0.1, 0.15) is 12.4 Å². The van der Waals surface area contributed by atoms with E-state index in [0.29, 0.717) is 43.2 Å². The maximum absolute atomic E-state index is 12.7. The van der Waals surface area contributed by atoms with Gasteiger partial charge in [0.2, 0.25) is 5.88 Å². The van der Waals surface area contributed by atoms with Crippen LogP contribution in [-0.4, -0.2) is 68.3 Å². The number of hydrogen-bond donors (Lipinski definition) is 1. The topological polar surface area (TPSA) is 102 Å². The lowest BCUT2D eigenvalue weighted by Crippen LogP contribution is -2.44. The Hall–Kier alpha value is -3.92. The normalized spacial score (nSPS) is 18.7. The second kappa shape index (κ2) is 12.1. The molecule has 1 atom stereocenters. The number of anilines is 1. The summed E-state index contributed by atoms with van der Waals surface area (Å²) in [5, 5.41) is 2.85. The number of ether oxygens (including phenoxy) is 1. The zero-order valence-corrected chi connectivity index (χ0v) is 21.7. The van der Waals surface area contributed by atoms with Crippen LogP contribution in [0.5, 0.6) is 5.88 Å². The fourth-order valence-corrected chi connectivity index (χ4v) is 4.89. The summed E-state index contributed by atoms with van der Waals surface area (Å²) in [6.07, 6.45) is 11.2. The maximum Gasteiger partial charge on any atom is 0.416 e. The van der Waals surface area contributed by atoms with Crippen molar-refractivity contribution in [3.8, 4) is 5.88 Å². The number of carbonyl (C=O) groups excluding carboxylic acids is 2. The molecule has 2 saturated heterocycles. The van der Waals surface area contributed by atoms with Crippen molar-refractivity contribution < 1.29 is 19.2 Å². The number of piperidine rings is 2. The highest BCUT2D eigenvalue weighted by atomic mass is 16.7. The van der Waals surface area contributed by atoms with Crippen LogP contribution in [0.3, 0.4) is 0 Å². The molecule has 1 aromatic carbocycles. The molecule has 0 saturated carbocycles. The number of pyridine rings is 1. The average Bonchev–Trinajstić information content (AvgIpc) is 3.45. The van der Waals surface area contributed by atoms with Crippen LogP contribution in [0, 0.1) is 0 Å². The Morgan fingerprint density at radius 2 is 1.84 bits per heavy atom. The molecule has 10 heteroatoms. The molecule has 38 heavy (non-hydrogen) atoms. The van der Waals surface area contributed by atoms with E-state index in [1.165, 1.54) is 31.0 Å². The van der Waals surface area contributed by atoms with Crippen LogP contribution >= 0.6 is 0 Å². The molecule has 2 fully saturated rings. The number of amides is 2. The number of hydrogen-bond acceptors (Lipinski definition) is 7. The molecule has 2 aliphatic heterocycles. The van der Waals surface area contributed by atoms with E-state index in [9.17, 15) is 9.59 Å². The van der Waals surface area contributed by atoms with Crippen LogP contribution in [0.25, 0.3) is 0 Å². The van der Waals surface area contributed by atoms with Gasteiger partial charge in [0.15, 0.2) is 0 Å². The Morgan fingerprint density at radius 1 is 1.03 bits per heavy atom. The van der Waals surface area contributed by atoms with Gasteiger partial charge in [0, 0.05) is 56.3 Å². The standard InChI is InChI=1S/C28H34N6O4/c1-21-4-2-3-14-33(21)19-22-5-7-23(8-6-22)27(35)31-24-9-10-26(30-18-24)37-28(36)32-15-11-25(12-16-32)38-34-17-13-29-20-34/h5-10,13,17-18,20-21,25H,2-4,11-12,14-16,19H2,1H3,(H,31,35). The van der Waals surface area contributed by atoms with Crippen LogP contribution < -0.4 is 14.9 Å². The Balaban J connectivity index is 1.07. The van der Waals surface area contributed by atoms with E-state index in [2.05, 4.69) is 27.1 Å². The van der Waals surface area contributed by atoms with Crippen LogP contribution in [0.2, 0.25) is 0 Å². The quantitative estimate of drug-likeness (QED) is 0.505.